The van der Waals surface area contributed by atoms with Gasteiger partial charge in [0.15, 0.2) is 5.82 Å². The molecule has 0 saturated heterocycles. The smallest absolute Gasteiger partial charge is 0.160 e. The summed E-state index contributed by atoms with van der Waals surface area (Å²) >= 11 is 0. The molecule has 1 aliphatic carbocycles. The van der Waals surface area contributed by atoms with Gasteiger partial charge in [-0.2, -0.15) is 5.26 Å². The molecule has 9 aromatic carbocycles. The van der Waals surface area contributed by atoms with E-state index in [1.54, 1.807) is 0 Å². The number of nitrogens with zero attached hydrogens (tertiary/aromatic N) is 4. The molecule has 0 spiro atoms. The number of hydrogen-bond acceptors (Lipinski definition) is 4. The molecule has 11 aromatic rings. The number of pyridine rings is 1. The van der Waals surface area contributed by atoms with Crippen LogP contribution < -0.4 is 0 Å². The summed E-state index contributed by atoms with van der Waals surface area (Å²) in [5.41, 5.74) is 16.6. The van der Waals surface area contributed by atoms with Gasteiger partial charge >= 0.3 is 0 Å². The van der Waals surface area contributed by atoms with Crippen LogP contribution in [0.2, 0.25) is 0 Å². The van der Waals surface area contributed by atoms with Gasteiger partial charge in [-0.25, -0.2) is 9.97 Å². The molecule has 0 bridgehead atoms. The lowest BCUT2D eigenvalue weighted by Gasteiger charge is -2.22. The van der Waals surface area contributed by atoms with Crippen molar-refractivity contribution in [3.63, 3.8) is 0 Å². The zero-order chi connectivity index (χ0) is 43.6. The molecule has 0 fully saturated rings. The van der Waals surface area contributed by atoms with Crippen molar-refractivity contribution in [2.45, 2.75) is 19.3 Å². The van der Waals surface area contributed by atoms with Crippen molar-refractivity contribution in [3.05, 3.63) is 223 Å². The van der Waals surface area contributed by atoms with E-state index in [4.69, 9.17) is 9.97 Å². The Balaban J connectivity index is 1.07. The molecule has 0 unspecified atom stereocenters. The molecule has 1 aliphatic rings. The standard InChI is InChI=1S/C61H40N4/c1-61(2)56-29-38(36-62)17-24-52(56)53-26-23-44(34-57(53)61)46-30-45(43-22-25-50-48-15-9-10-16-49(48)51-27-28-63-37-55(51)54(50)33-43)31-47(32-46)59-35-58(64-60(65-59)42-13-7-4-8-14-42)41-20-18-40(19-21-41)39-11-5-3-6-12-39/h3-35,37H,1-2H3. The fraction of sp³-hybridized carbons (Fsp3) is 0.0492. The second kappa shape index (κ2) is 15.1. The number of nitriles is 1. The van der Waals surface area contributed by atoms with Gasteiger partial charge in [0.05, 0.1) is 23.0 Å². The molecular weight excluding hydrogens is 789 g/mol. The molecule has 0 N–H and O–H groups in total. The Labute approximate surface area is 377 Å². The molecule has 0 saturated carbocycles. The van der Waals surface area contributed by atoms with E-state index < -0.39 is 0 Å². The molecule has 12 rings (SSSR count). The second-order valence-corrected chi connectivity index (χ2v) is 17.6. The molecule has 0 aliphatic heterocycles. The van der Waals surface area contributed by atoms with Crippen molar-refractivity contribution in [3.8, 4) is 84.5 Å². The van der Waals surface area contributed by atoms with Crippen molar-refractivity contribution in [2.24, 2.45) is 0 Å². The average molecular weight is 829 g/mol. The molecule has 0 atom stereocenters. The summed E-state index contributed by atoms with van der Waals surface area (Å²) in [5, 5.41) is 16.9. The summed E-state index contributed by atoms with van der Waals surface area (Å²) in [5.74, 6) is 0.669. The second-order valence-electron chi connectivity index (χ2n) is 17.6. The maximum Gasteiger partial charge on any atom is 0.160 e. The third kappa shape index (κ3) is 6.48. The Kier molecular flexibility index (Phi) is 8.86. The van der Waals surface area contributed by atoms with Gasteiger partial charge in [0.25, 0.3) is 0 Å². The predicted octanol–water partition coefficient (Wildman–Crippen LogP) is 15.5. The van der Waals surface area contributed by atoms with Gasteiger partial charge < -0.3 is 0 Å². The molecule has 65 heavy (non-hydrogen) atoms. The van der Waals surface area contributed by atoms with E-state index in [9.17, 15) is 5.26 Å². The first-order valence-corrected chi connectivity index (χ1v) is 22.0. The maximum absolute atomic E-state index is 9.80. The van der Waals surface area contributed by atoms with E-state index in [-0.39, 0.29) is 5.41 Å². The van der Waals surface area contributed by atoms with Crippen molar-refractivity contribution >= 4 is 32.3 Å². The summed E-state index contributed by atoms with van der Waals surface area (Å²) < 4.78 is 0. The van der Waals surface area contributed by atoms with Crippen LogP contribution >= 0.6 is 0 Å². The van der Waals surface area contributed by atoms with Crippen molar-refractivity contribution in [1.82, 2.24) is 15.0 Å². The Bertz CT molecular complexity index is 3700. The minimum Gasteiger partial charge on any atom is -0.264 e. The summed E-state index contributed by atoms with van der Waals surface area (Å²) in [4.78, 5) is 15.1. The zero-order valence-electron chi connectivity index (χ0n) is 35.9. The first-order chi connectivity index (χ1) is 31.9. The number of benzene rings is 9. The third-order valence-electron chi connectivity index (χ3n) is 13.4. The van der Waals surface area contributed by atoms with Gasteiger partial charge in [-0.05, 0) is 137 Å². The van der Waals surface area contributed by atoms with Gasteiger partial charge in [0.1, 0.15) is 0 Å². The monoisotopic (exact) mass is 828 g/mol. The van der Waals surface area contributed by atoms with Crippen LogP contribution in [0, 0.1) is 11.3 Å². The van der Waals surface area contributed by atoms with Crippen LogP contribution in [0.15, 0.2) is 207 Å². The van der Waals surface area contributed by atoms with E-state index in [0.29, 0.717) is 11.4 Å². The van der Waals surface area contributed by atoms with Gasteiger partial charge in [-0.15, -0.1) is 0 Å². The topological polar surface area (TPSA) is 62.5 Å². The average Bonchev–Trinajstić information content (AvgIpc) is 3.60. The summed E-state index contributed by atoms with van der Waals surface area (Å²) in [6, 6.07) is 71.3. The molecule has 2 heterocycles. The number of aromatic nitrogens is 3. The lowest BCUT2D eigenvalue weighted by atomic mass is 9.81. The minimum atomic E-state index is -0.285. The lowest BCUT2D eigenvalue weighted by molar-refractivity contribution is 0.660. The highest BCUT2D eigenvalue weighted by atomic mass is 14.9. The van der Waals surface area contributed by atoms with E-state index >= 15 is 0 Å². The summed E-state index contributed by atoms with van der Waals surface area (Å²) in [6.45, 7) is 4.53. The summed E-state index contributed by atoms with van der Waals surface area (Å²) in [6.07, 6.45) is 3.88. The molecule has 4 nitrogen and oxygen atoms in total. The SMILES string of the molecule is CC1(C)c2cc(C#N)ccc2-c2ccc(-c3cc(-c4ccc5c6ccccc6c6ccncc6c5c4)cc(-c4cc(-c5ccc(-c6ccccc6)cc5)nc(-c5ccccc5)n4)c3)cc21. The van der Waals surface area contributed by atoms with E-state index in [1.165, 1.54) is 54.7 Å². The fourth-order valence-corrected chi connectivity index (χ4v) is 10.00. The van der Waals surface area contributed by atoms with Crippen molar-refractivity contribution < 1.29 is 0 Å². The molecular formula is C61H40N4. The Morgan fingerprint density at radius 2 is 0.908 bits per heavy atom. The first-order valence-electron chi connectivity index (χ1n) is 22.0. The van der Waals surface area contributed by atoms with E-state index in [1.807, 2.05) is 42.7 Å². The number of fused-ring (bicyclic) bond motifs is 9. The van der Waals surface area contributed by atoms with Crippen molar-refractivity contribution in [1.29, 1.82) is 5.26 Å². The van der Waals surface area contributed by atoms with Crippen LogP contribution in [0.1, 0.15) is 30.5 Å². The summed E-state index contributed by atoms with van der Waals surface area (Å²) in [7, 11) is 0. The first kappa shape index (κ1) is 38.2. The van der Waals surface area contributed by atoms with E-state index in [0.717, 1.165) is 61.3 Å². The highest BCUT2D eigenvalue weighted by Crippen LogP contribution is 2.50. The van der Waals surface area contributed by atoms with Gasteiger partial charge in [-0.3, -0.25) is 4.98 Å². The van der Waals surface area contributed by atoms with Crippen LogP contribution in [0.5, 0.6) is 0 Å². The molecule has 0 amide bonds. The van der Waals surface area contributed by atoms with Crippen molar-refractivity contribution in [2.75, 3.05) is 0 Å². The van der Waals surface area contributed by atoms with Crippen LogP contribution in [-0.4, -0.2) is 15.0 Å². The van der Waals surface area contributed by atoms with Gasteiger partial charge in [0, 0.05) is 39.9 Å². The van der Waals surface area contributed by atoms with Gasteiger partial charge in [0.2, 0.25) is 0 Å². The Morgan fingerprint density at radius 3 is 1.62 bits per heavy atom. The minimum absolute atomic E-state index is 0.285. The molecule has 2 aromatic heterocycles. The van der Waals surface area contributed by atoms with Gasteiger partial charge in [-0.1, -0.05) is 153 Å². The highest BCUT2D eigenvalue weighted by molar-refractivity contribution is 6.25. The Morgan fingerprint density at radius 1 is 0.385 bits per heavy atom. The van der Waals surface area contributed by atoms with E-state index in [2.05, 4.69) is 189 Å². The predicted molar refractivity (Wildman–Crippen MR) is 267 cm³/mol. The number of rotatable bonds is 6. The van der Waals surface area contributed by atoms with Crippen LogP contribution in [0.25, 0.3) is 111 Å². The van der Waals surface area contributed by atoms with Crippen LogP contribution in [0.4, 0.5) is 0 Å². The maximum atomic E-state index is 9.80. The normalized spacial score (nSPS) is 12.6. The quantitative estimate of drug-likeness (QED) is 0.157. The Hall–Kier alpha value is -8.52. The zero-order valence-corrected chi connectivity index (χ0v) is 35.9. The fourth-order valence-electron chi connectivity index (χ4n) is 10.00. The molecule has 304 valence electrons. The number of hydrogen-bond donors (Lipinski definition) is 0. The van der Waals surface area contributed by atoms with Crippen LogP contribution in [0.3, 0.4) is 0 Å². The lowest BCUT2D eigenvalue weighted by Crippen LogP contribution is -2.15. The third-order valence-corrected chi connectivity index (χ3v) is 13.4. The largest absolute Gasteiger partial charge is 0.264 e. The molecule has 4 heteroatoms. The van der Waals surface area contributed by atoms with Crippen LogP contribution in [-0.2, 0) is 5.41 Å². The highest BCUT2D eigenvalue weighted by Gasteiger charge is 2.36. The molecule has 0 radical (unpaired) electrons.